The molecular formula is C64H39N3S. The van der Waals surface area contributed by atoms with Crippen molar-refractivity contribution in [2.75, 3.05) is 0 Å². The lowest BCUT2D eigenvalue weighted by atomic mass is 9.65. The first-order valence-corrected chi connectivity index (χ1v) is 24.0. The van der Waals surface area contributed by atoms with Crippen LogP contribution in [0.4, 0.5) is 0 Å². The zero-order valence-electron chi connectivity index (χ0n) is 36.8. The summed E-state index contributed by atoms with van der Waals surface area (Å²) in [5, 5.41) is 2.58. The van der Waals surface area contributed by atoms with Gasteiger partial charge < -0.3 is 0 Å². The third-order valence-corrected chi connectivity index (χ3v) is 15.3. The quantitative estimate of drug-likeness (QED) is 0.173. The molecule has 12 aromatic rings. The van der Waals surface area contributed by atoms with Gasteiger partial charge in [-0.25, -0.2) is 15.0 Å². The Morgan fingerprint density at radius 1 is 0.250 bits per heavy atom. The SMILES string of the molecule is c1ccc(-c2cc(-c3ccccc3)cc(-c3nc(-c4ccccc4)nc(-c4ccc5c(c4)C4(c6ccccc6-c6ccccc6-5)c5ccccc5-c5cc6sc7ccccc7c6cc54)n3)c2)cc1. The molecule has 0 N–H and O–H groups in total. The highest BCUT2D eigenvalue weighted by Crippen LogP contribution is 2.62. The van der Waals surface area contributed by atoms with Crippen LogP contribution in [0.5, 0.6) is 0 Å². The van der Waals surface area contributed by atoms with Gasteiger partial charge in [0.05, 0.1) is 5.41 Å². The first-order chi connectivity index (χ1) is 33.7. The van der Waals surface area contributed by atoms with Crippen molar-refractivity contribution in [3.8, 4) is 89.8 Å². The highest BCUT2D eigenvalue weighted by Gasteiger charge is 2.50. The number of benzene rings is 10. The van der Waals surface area contributed by atoms with Crippen LogP contribution in [0.1, 0.15) is 22.3 Å². The molecule has 14 rings (SSSR count). The summed E-state index contributed by atoms with van der Waals surface area (Å²) >= 11 is 1.88. The van der Waals surface area contributed by atoms with Crippen molar-refractivity contribution >= 4 is 31.5 Å². The zero-order valence-corrected chi connectivity index (χ0v) is 37.6. The number of fused-ring (bicyclic) bond motifs is 15. The van der Waals surface area contributed by atoms with E-state index in [1.54, 1.807) is 0 Å². The van der Waals surface area contributed by atoms with Gasteiger partial charge in [-0.1, -0.05) is 194 Å². The molecule has 1 unspecified atom stereocenters. The second-order valence-corrected chi connectivity index (χ2v) is 18.9. The van der Waals surface area contributed by atoms with Gasteiger partial charge in [-0.05, 0) is 120 Å². The van der Waals surface area contributed by atoms with E-state index in [0.29, 0.717) is 17.5 Å². The Kier molecular flexibility index (Phi) is 8.67. The summed E-state index contributed by atoms with van der Waals surface area (Å²) in [5.41, 5.74) is 19.0. The third-order valence-electron chi connectivity index (χ3n) is 14.1. The molecule has 2 heterocycles. The summed E-state index contributed by atoms with van der Waals surface area (Å²) in [6.45, 7) is 0. The first-order valence-electron chi connectivity index (χ1n) is 23.2. The van der Waals surface area contributed by atoms with E-state index in [9.17, 15) is 0 Å². The Balaban J connectivity index is 1.07. The van der Waals surface area contributed by atoms with Crippen molar-refractivity contribution in [2.24, 2.45) is 0 Å². The molecule has 68 heavy (non-hydrogen) atoms. The van der Waals surface area contributed by atoms with Crippen LogP contribution in [0, 0.1) is 0 Å². The second kappa shape index (κ2) is 15.2. The predicted octanol–water partition coefficient (Wildman–Crippen LogP) is 16.6. The minimum absolute atomic E-state index is 0.618. The van der Waals surface area contributed by atoms with E-state index in [1.165, 1.54) is 75.8 Å². The smallest absolute Gasteiger partial charge is 0.164 e. The monoisotopic (exact) mass is 881 g/mol. The minimum atomic E-state index is -0.684. The van der Waals surface area contributed by atoms with Gasteiger partial charge in [0, 0.05) is 36.9 Å². The van der Waals surface area contributed by atoms with Crippen LogP contribution < -0.4 is 0 Å². The van der Waals surface area contributed by atoms with Crippen LogP contribution >= 0.6 is 11.3 Å². The lowest BCUT2D eigenvalue weighted by Crippen LogP contribution is -2.29. The molecule has 0 saturated carbocycles. The van der Waals surface area contributed by atoms with Crippen molar-refractivity contribution in [3.63, 3.8) is 0 Å². The highest BCUT2D eigenvalue weighted by atomic mass is 32.1. The van der Waals surface area contributed by atoms with Gasteiger partial charge in [0.15, 0.2) is 17.5 Å². The minimum Gasteiger partial charge on any atom is -0.208 e. The topological polar surface area (TPSA) is 38.7 Å². The Morgan fingerprint density at radius 2 is 0.706 bits per heavy atom. The standard InChI is InChI=1S/C64H39N3S/c1-4-18-40(19-5-1)44-34-45(41-20-6-2-7-21-41)36-46(35-44)63-66-61(42-22-8-3-9-23-42)65-62(67-63)43-32-33-51-48-25-11-10-24-47(48)49-26-12-15-29-55(49)64(57(51)37-43)56-30-16-13-27-50(56)53-39-60-54(38-58(53)64)52-28-14-17-31-59(52)68-60/h1-39H. The van der Waals surface area contributed by atoms with E-state index in [0.717, 1.165) is 38.9 Å². The van der Waals surface area contributed by atoms with Gasteiger partial charge in [-0.15, -0.1) is 11.3 Å². The summed E-state index contributed by atoms with van der Waals surface area (Å²) in [5.74, 6) is 1.86. The number of rotatable bonds is 5. The lowest BCUT2D eigenvalue weighted by Gasteiger charge is -2.35. The van der Waals surface area contributed by atoms with E-state index < -0.39 is 5.41 Å². The molecule has 0 saturated heterocycles. The maximum absolute atomic E-state index is 5.48. The van der Waals surface area contributed by atoms with E-state index in [1.807, 2.05) is 29.5 Å². The van der Waals surface area contributed by atoms with E-state index in [-0.39, 0.29) is 0 Å². The predicted molar refractivity (Wildman–Crippen MR) is 282 cm³/mol. The number of nitrogens with zero attached hydrogens (tertiary/aromatic N) is 3. The van der Waals surface area contributed by atoms with E-state index in [4.69, 9.17) is 15.0 Å². The molecule has 10 aromatic carbocycles. The van der Waals surface area contributed by atoms with Gasteiger partial charge in [0.25, 0.3) is 0 Å². The van der Waals surface area contributed by atoms with Gasteiger partial charge in [-0.2, -0.15) is 0 Å². The van der Waals surface area contributed by atoms with E-state index in [2.05, 4.69) is 218 Å². The average molecular weight is 882 g/mol. The van der Waals surface area contributed by atoms with Crippen LogP contribution in [0.3, 0.4) is 0 Å². The molecule has 0 bridgehead atoms. The van der Waals surface area contributed by atoms with Gasteiger partial charge >= 0.3 is 0 Å². The van der Waals surface area contributed by atoms with E-state index >= 15 is 0 Å². The fraction of sp³-hybridized carbons (Fsp3) is 0.0156. The summed E-state index contributed by atoms with van der Waals surface area (Å²) in [6, 6.07) is 86.0. The van der Waals surface area contributed by atoms with Crippen molar-refractivity contribution in [1.29, 1.82) is 0 Å². The molecule has 0 aliphatic heterocycles. The Morgan fingerprint density at radius 3 is 1.34 bits per heavy atom. The van der Waals surface area contributed by atoms with Gasteiger partial charge in [-0.3, -0.25) is 0 Å². The van der Waals surface area contributed by atoms with Crippen molar-refractivity contribution in [2.45, 2.75) is 5.41 Å². The summed E-state index contributed by atoms with van der Waals surface area (Å²) in [7, 11) is 0. The molecule has 2 aliphatic carbocycles. The second-order valence-electron chi connectivity index (χ2n) is 17.8. The molecule has 1 atom stereocenters. The molecule has 4 heteroatoms. The molecule has 1 spiro atoms. The Labute approximate surface area is 398 Å². The van der Waals surface area contributed by atoms with Crippen LogP contribution in [-0.4, -0.2) is 15.0 Å². The van der Waals surface area contributed by atoms with Crippen molar-refractivity contribution in [3.05, 3.63) is 259 Å². The molecule has 316 valence electrons. The fourth-order valence-electron chi connectivity index (χ4n) is 11.1. The molecule has 2 aromatic heterocycles. The number of hydrogen-bond donors (Lipinski definition) is 0. The molecule has 0 amide bonds. The Hall–Kier alpha value is -8.57. The van der Waals surface area contributed by atoms with Crippen LogP contribution in [0.15, 0.2) is 237 Å². The number of aromatic nitrogens is 3. The molecule has 0 fully saturated rings. The maximum Gasteiger partial charge on any atom is 0.164 e. The maximum atomic E-state index is 5.48. The highest BCUT2D eigenvalue weighted by molar-refractivity contribution is 7.25. The normalized spacial score (nSPS) is 14.2. The van der Waals surface area contributed by atoms with Crippen LogP contribution in [0.2, 0.25) is 0 Å². The number of thiophene rings is 1. The summed E-state index contributed by atoms with van der Waals surface area (Å²) < 4.78 is 2.60. The van der Waals surface area contributed by atoms with Crippen LogP contribution in [-0.2, 0) is 5.41 Å². The molecular weight excluding hydrogens is 843 g/mol. The Bertz CT molecular complexity index is 3910. The molecule has 2 aliphatic rings. The fourth-order valence-corrected chi connectivity index (χ4v) is 12.3. The largest absolute Gasteiger partial charge is 0.208 e. The van der Waals surface area contributed by atoms with Crippen molar-refractivity contribution in [1.82, 2.24) is 15.0 Å². The third kappa shape index (κ3) is 5.88. The number of hydrogen-bond acceptors (Lipinski definition) is 4. The average Bonchev–Trinajstić information content (AvgIpc) is 3.89. The van der Waals surface area contributed by atoms with Crippen molar-refractivity contribution < 1.29 is 0 Å². The van der Waals surface area contributed by atoms with Crippen LogP contribution in [0.25, 0.3) is 110 Å². The molecule has 0 radical (unpaired) electrons. The first kappa shape index (κ1) is 38.7. The zero-order chi connectivity index (χ0) is 44.8. The lowest BCUT2D eigenvalue weighted by molar-refractivity contribution is 0.776. The summed E-state index contributed by atoms with van der Waals surface area (Å²) in [4.78, 5) is 16.1. The summed E-state index contributed by atoms with van der Waals surface area (Å²) in [6.07, 6.45) is 0. The van der Waals surface area contributed by atoms with Gasteiger partial charge in [0.2, 0.25) is 0 Å². The molecule has 3 nitrogen and oxygen atoms in total. The van der Waals surface area contributed by atoms with Gasteiger partial charge in [0.1, 0.15) is 0 Å².